The first-order valence-corrected chi connectivity index (χ1v) is 9.38. The number of benzene rings is 2. The summed E-state index contributed by atoms with van der Waals surface area (Å²) in [6.45, 7) is 1.71. The van der Waals surface area contributed by atoms with Crippen LogP contribution in [-0.2, 0) is 20.9 Å². The molecule has 0 aliphatic carbocycles. The van der Waals surface area contributed by atoms with Crippen LogP contribution >= 0.6 is 0 Å². The summed E-state index contributed by atoms with van der Waals surface area (Å²) in [6.07, 6.45) is 1.39. The lowest BCUT2D eigenvalue weighted by Gasteiger charge is -2.25. The Morgan fingerprint density at radius 3 is 2.55 bits per heavy atom. The molecule has 0 N–H and O–H groups in total. The van der Waals surface area contributed by atoms with Gasteiger partial charge in [-0.05, 0) is 24.6 Å². The fourth-order valence-electron chi connectivity index (χ4n) is 2.96. The van der Waals surface area contributed by atoms with E-state index in [-0.39, 0.29) is 37.1 Å². The third-order valence-electron chi connectivity index (χ3n) is 4.90. The van der Waals surface area contributed by atoms with Crippen molar-refractivity contribution < 1.29 is 14.3 Å². The fourth-order valence-corrected chi connectivity index (χ4v) is 2.96. The lowest BCUT2D eigenvalue weighted by molar-refractivity contribution is -0.152. The average molecular weight is 393 g/mol. The zero-order valence-corrected chi connectivity index (χ0v) is 16.4. The average Bonchev–Trinajstić information content (AvgIpc) is 2.76. The van der Waals surface area contributed by atoms with Gasteiger partial charge in [-0.3, -0.25) is 19.0 Å². The molecule has 0 aliphatic heterocycles. The minimum Gasteiger partial charge on any atom is -0.456 e. The van der Waals surface area contributed by atoms with Gasteiger partial charge in [0.1, 0.15) is 0 Å². The summed E-state index contributed by atoms with van der Waals surface area (Å²) < 4.78 is 6.46. The molecule has 0 bridgehead atoms. The van der Waals surface area contributed by atoms with Crippen molar-refractivity contribution in [1.82, 2.24) is 14.5 Å². The largest absolute Gasteiger partial charge is 0.456 e. The molecule has 3 rings (SSSR count). The molecule has 7 nitrogen and oxygen atoms in total. The van der Waals surface area contributed by atoms with E-state index in [1.807, 2.05) is 43.3 Å². The van der Waals surface area contributed by atoms with Gasteiger partial charge in [-0.25, -0.2) is 4.98 Å². The molecule has 1 unspecified atom stereocenters. The van der Waals surface area contributed by atoms with Crippen molar-refractivity contribution in [1.29, 1.82) is 0 Å². The monoisotopic (exact) mass is 393 g/mol. The van der Waals surface area contributed by atoms with Crippen molar-refractivity contribution in [2.24, 2.45) is 0 Å². The van der Waals surface area contributed by atoms with Crippen LogP contribution in [0.2, 0.25) is 0 Å². The normalized spacial score (nSPS) is 11.8. The van der Waals surface area contributed by atoms with Crippen LogP contribution in [0, 0.1) is 0 Å². The number of likely N-dealkylation sites (N-methyl/N-ethyl adjacent to an activating group) is 1. The van der Waals surface area contributed by atoms with Gasteiger partial charge in [0.2, 0.25) is 0 Å². The molecule has 1 amide bonds. The maximum absolute atomic E-state index is 12.4. The minimum absolute atomic E-state index is 0.0227. The lowest BCUT2D eigenvalue weighted by atomic mass is 10.1. The Bertz CT molecular complexity index is 1060. The Kier molecular flexibility index (Phi) is 6.39. The number of aryl methyl sites for hydroxylation is 1. The number of ether oxygens (including phenoxy) is 1. The van der Waals surface area contributed by atoms with Crippen molar-refractivity contribution in [2.45, 2.75) is 25.9 Å². The number of hydrogen-bond acceptors (Lipinski definition) is 5. The molecular weight excluding hydrogens is 370 g/mol. The topological polar surface area (TPSA) is 81.5 Å². The van der Waals surface area contributed by atoms with Gasteiger partial charge in [0, 0.05) is 13.6 Å². The van der Waals surface area contributed by atoms with Crippen molar-refractivity contribution in [3.05, 3.63) is 76.8 Å². The molecule has 150 valence electrons. The second-order valence-corrected chi connectivity index (χ2v) is 6.76. The Morgan fingerprint density at radius 1 is 1.10 bits per heavy atom. The molecule has 1 heterocycles. The van der Waals surface area contributed by atoms with E-state index in [0.717, 1.165) is 5.56 Å². The molecule has 1 atom stereocenters. The van der Waals surface area contributed by atoms with Crippen LogP contribution in [0.3, 0.4) is 0 Å². The highest BCUT2D eigenvalue weighted by atomic mass is 16.5. The molecule has 0 saturated carbocycles. The number of rotatable bonds is 7. The number of aromatic nitrogens is 2. The first kappa shape index (κ1) is 20.3. The molecule has 2 aromatic carbocycles. The van der Waals surface area contributed by atoms with E-state index >= 15 is 0 Å². The zero-order chi connectivity index (χ0) is 20.8. The van der Waals surface area contributed by atoms with E-state index in [1.165, 1.54) is 10.9 Å². The van der Waals surface area contributed by atoms with Crippen LogP contribution < -0.4 is 5.56 Å². The highest BCUT2D eigenvalue weighted by molar-refractivity contribution is 5.81. The van der Waals surface area contributed by atoms with E-state index in [4.69, 9.17) is 4.74 Å². The van der Waals surface area contributed by atoms with E-state index in [9.17, 15) is 14.4 Å². The summed E-state index contributed by atoms with van der Waals surface area (Å²) in [5, 5.41) is 0.495. The van der Waals surface area contributed by atoms with Crippen LogP contribution in [0.25, 0.3) is 10.9 Å². The lowest BCUT2D eigenvalue weighted by Crippen LogP contribution is -2.33. The van der Waals surface area contributed by atoms with Crippen molar-refractivity contribution >= 4 is 22.8 Å². The van der Waals surface area contributed by atoms with Gasteiger partial charge in [0.25, 0.3) is 11.5 Å². The molecule has 0 radical (unpaired) electrons. The standard InChI is InChI=1S/C22H23N3O4/c1-16(17-8-4-3-5-9-17)24(2)20(26)14-29-21(27)12-13-25-15-23-19-11-7-6-10-18(19)22(25)28/h3-11,15-16H,12-14H2,1-2H3. The molecular formula is C22H23N3O4. The van der Waals surface area contributed by atoms with Gasteiger partial charge in [-0.2, -0.15) is 0 Å². The Hall–Kier alpha value is -3.48. The number of amides is 1. The van der Waals surface area contributed by atoms with Gasteiger partial charge in [-0.1, -0.05) is 42.5 Å². The molecule has 0 spiro atoms. The second kappa shape index (κ2) is 9.14. The molecule has 29 heavy (non-hydrogen) atoms. The SMILES string of the molecule is CC(c1ccccc1)N(C)C(=O)COC(=O)CCn1cnc2ccccc2c1=O. The molecule has 1 aromatic heterocycles. The molecule has 0 aliphatic rings. The number of carbonyl (C=O) groups excluding carboxylic acids is 2. The molecule has 7 heteroatoms. The number of hydrogen-bond donors (Lipinski definition) is 0. The third-order valence-corrected chi connectivity index (χ3v) is 4.90. The van der Waals surface area contributed by atoms with Gasteiger partial charge in [0.05, 0.1) is 29.7 Å². The number of esters is 1. The number of nitrogens with zero attached hydrogens (tertiary/aromatic N) is 3. The van der Waals surface area contributed by atoms with E-state index in [2.05, 4.69) is 4.98 Å². The number of carbonyl (C=O) groups is 2. The van der Waals surface area contributed by atoms with Crippen LogP contribution in [0.15, 0.2) is 65.7 Å². The van der Waals surface area contributed by atoms with Crippen molar-refractivity contribution in [2.75, 3.05) is 13.7 Å². The van der Waals surface area contributed by atoms with Crippen LogP contribution in [0.1, 0.15) is 24.9 Å². The van der Waals surface area contributed by atoms with Crippen molar-refractivity contribution in [3.63, 3.8) is 0 Å². The van der Waals surface area contributed by atoms with Gasteiger partial charge in [-0.15, -0.1) is 0 Å². The summed E-state index contributed by atoms with van der Waals surface area (Å²) >= 11 is 0. The smallest absolute Gasteiger partial charge is 0.308 e. The zero-order valence-electron chi connectivity index (χ0n) is 16.4. The first-order valence-electron chi connectivity index (χ1n) is 9.38. The second-order valence-electron chi connectivity index (χ2n) is 6.76. The van der Waals surface area contributed by atoms with Crippen LogP contribution in [0.4, 0.5) is 0 Å². The summed E-state index contributed by atoms with van der Waals surface area (Å²) in [4.78, 5) is 42.5. The molecule has 0 fully saturated rings. The Morgan fingerprint density at radius 2 is 1.79 bits per heavy atom. The highest BCUT2D eigenvalue weighted by Crippen LogP contribution is 2.18. The number of fused-ring (bicyclic) bond motifs is 1. The summed E-state index contributed by atoms with van der Waals surface area (Å²) in [5.74, 6) is -0.835. The van der Waals surface area contributed by atoms with E-state index in [1.54, 1.807) is 30.1 Å². The van der Waals surface area contributed by atoms with E-state index in [0.29, 0.717) is 10.9 Å². The molecule has 0 saturated heterocycles. The predicted molar refractivity (Wildman–Crippen MR) is 109 cm³/mol. The maximum Gasteiger partial charge on any atom is 0.308 e. The predicted octanol–water partition coefficient (Wildman–Crippen LogP) is 2.55. The van der Waals surface area contributed by atoms with E-state index < -0.39 is 5.97 Å². The summed E-state index contributed by atoms with van der Waals surface area (Å²) in [5.41, 5.74) is 1.39. The molecule has 3 aromatic rings. The fraction of sp³-hybridized carbons (Fsp3) is 0.273. The Balaban J connectivity index is 1.52. The Labute approximate surface area is 168 Å². The first-order chi connectivity index (χ1) is 14.0. The summed E-state index contributed by atoms with van der Waals surface area (Å²) in [6, 6.07) is 16.5. The van der Waals surface area contributed by atoms with Gasteiger partial charge >= 0.3 is 5.97 Å². The third kappa shape index (κ3) is 4.87. The van der Waals surface area contributed by atoms with Gasteiger partial charge in [0.15, 0.2) is 6.61 Å². The summed E-state index contributed by atoms with van der Waals surface area (Å²) in [7, 11) is 1.67. The van der Waals surface area contributed by atoms with Crippen LogP contribution in [-0.4, -0.2) is 40.0 Å². The maximum atomic E-state index is 12.4. The quantitative estimate of drug-likeness (QED) is 0.576. The minimum atomic E-state index is -0.542. The number of para-hydroxylation sites is 1. The van der Waals surface area contributed by atoms with Crippen LogP contribution in [0.5, 0.6) is 0 Å². The van der Waals surface area contributed by atoms with Gasteiger partial charge < -0.3 is 9.64 Å². The highest BCUT2D eigenvalue weighted by Gasteiger charge is 2.18. The van der Waals surface area contributed by atoms with Crippen molar-refractivity contribution in [3.8, 4) is 0 Å².